The van der Waals surface area contributed by atoms with Crippen molar-refractivity contribution >= 4 is 17.0 Å². The van der Waals surface area contributed by atoms with Crippen LogP contribution in [0.25, 0.3) is 11.0 Å². The van der Waals surface area contributed by atoms with E-state index in [1.54, 1.807) is 19.1 Å². The number of para-hydroxylation sites is 2. The van der Waals surface area contributed by atoms with Gasteiger partial charge in [0.15, 0.2) is 0 Å². The van der Waals surface area contributed by atoms with Gasteiger partial charge in [0, 0.05) is 36.2 Å². The second kappa shape index (κ2) is 6.26. The number of carbonyl (C=O) groups excluding carboxylic acids is 1. The van der Waals surface area contributed by atoms with Crippen LogP contribution < -0.4 is 4.43 Å². The van der Waals surface area contributed by atoms with Crippen LogP contribution in [0, 0.1) is 20.2 Å². The van der Waals surface area contributed by atoms with Crippen LogP contribution >= 0.6 is 0 Å². The molecule has 24 heavy (non-hydrogen) atoms. The minimum absolute atomic E-state index is 0.0103. The third-order valence-corrected chi connectivity index (χ3v) is 4.07. The van der Waals surface area contributed by atoms with Gasteiger partial charge in [0.1, 0.15) is 11.2 Å². The molecule has 0 spiro atoms. The first kappa shape index (κ1) is 17.4. The molecule has 1 heterocycles. The second-order valence-electron chi connectivity index (χ2n) is 5.62. The van der Waals surface area contributed by atoms with E-state index in [2.05, 4.69) is 0 Å². The number of fused-ring (bicyclic) bond motifs is 1. The Morgan fingerprint density at radius 1 is 1.46 bits per heavy atom. The fourth-order valence-electron chi connectivity index (χ4n) is 2.46. The van der Waals surface area contributed by atoms with Crippen LogP contribution in [-0.2, 0) is 9.53 Å². The Bertz CT molecular complexity index is 862. The summed E-state index contributed by atoms with van der Waals surface area (Å²) in [5, 5.41) is 24.2. The smallest absolute Gasteiger partial charge is 0.303 e. The standard InChI is InChI=1S/C15H17N3O6/c1-4-15(3,18(22)23)14(24-10(2)19)13-9-16(20)11-7-5-6-8-12(11)17(13)21/h5-9,14H,4H2,1-3H3. The summed E-state index contributed by atoms with van der Waals surface area (Å²) < 4.78 is 5.92. The Labute approximate surface area is 136 Å². The molecular formula is C15H17N3O6. The molecule has 1 aromatic carbocycles. The van der Waals surface area contributed by atoms with E-state index in [0.717, 1.165) is 13.1 Å². The normalized spacial score (nSPS) is 14.8. The Hall–Kier alpha value is -2.97. The highest BCUT2D eigenvalue weighted by Crippen LogP contribution is 2.35. The summed E-state index contributed by atoms with van der Waals surface area (Å²) in [5.41, 5.74) is -1.91. The van der Waals surface area contributed by atoms with Crippen molar-refractivity contribution in [2.75, 3.05) is 0 Å². The lowest BCUT2D eigenvalue weighted by atomic mass is 9.90. The Morgan fingerprint density at radius 2 is 2.08 bits per heavy atom. The van der Waals surface area contributed by atoms with Crippen LogP contribution in [0.1, 0.15) is 39.0 Å². The topological polar surface area (TPSA) is 120 Å². The van der Waals surface area contributed by atoms with Gasteiger partial charge in [-0.3, -0.25) is 14.9 Å². The molecule has 2 aromatic rings. The van der Waals surface area contributed by atoms with Crippen molar-refractivity contribution in [2.45, 2.75) is 38.8 Å². The lowest BCUT2D eigenvalue weighted by Gasteiger charge is -2.30. The zero-order valence-electron chi connectivity index (χ0n) is 13.5. The third kappa shape index (κ3) is 2.80. The Kier molecular flexibility index (Phi) is 4.54. The van der Waals surface area contributed by atoms with Crippen LogP contribution in [0.5, 0.6) is 0 Å². The zero-order valence-corrected chi connectivity index (χ0v) is 13.5. The number of esters is 1. The first-order chi connectivity index (χ1) is 11.2. The average Bonchev–Trinajstić information content (AvgIpc) is 2.55. The highest BCUT2D eigenvalue weighted by molar-refractivity contribution is 5.72. The van der Waals surface area contributed by atoms with E-state index in [1.807, 2.05) is 0 Å². The summed E-state index contributed by atoms with van der Waals surface area (Å²) in [5.74, 6) is -0.785. The molecule has 9 nitrogen and oxygen atoms in total. The number of nitrogens with zero attached hydrogens (tertiary/aromatic N) is 3. The zero-order chi connectivity index (χ0) is 18.1. The molecule has 0 radical (unpaired) electrons. The van der Waals surface area contributed by atoms with Gasteiger partial charge in [0.25, 0.3) is 17.3 Å². The van der Waals surface area contributed by atoms with Crippen LogP contribution in [-0.4, -0.2) is 21.2 Å². The van der Waals surface area contributed by atoms with E-state index in [9.17, 15) is 25.0 Å². The Balaban J connectivity index is 2.78. The van der Waals surface area contributed by atoms with Gasteiger partial charge in [-0.2, -0.15) is 0 Å². The number of hydrogen-bond acceptors (Lipinski definition) is 6. The summed E-state index contributed by atoms with van der Waals surface area (Å²) in [6.07, 6.45) is -0.596. The van der Waals surface area contributed by atoms with Crippen LogP contribution in [0.15, 0.2) is 30.5 Å². The SMILES string of the molecule is CCC(C)(C(OC(C)=O)c1c[n+](=O)c2ccccc2n1[O-])[N+](=O)[O-]. The van der Waals surface area contributed by atoms with Gasteiger partial charge in [0.05, 0.1) is 4.43 Å². The minimum Gasteiger partial charge on any atom is -0.805 e. The summed E-state index contributed by atoms with van der Waals surface area (Å²) in [7, 11) is 0. The first-order valence-corrected chi connectivity index (χ1v) is 7.28. The number of ether oxygens (including phenoxy) is 1. The Morgan fingerprint density at radius 3 is 2.62 bits per heavy atom. The van der Waals surface area contributed by atoms with Gasteiger partial charge in [-0.15, -0.1) is 0 Å². The van der Waals surface area contributed by atoms with Gasteiger partial charge < -0.3 is 14.7 Å². The summed E-state index contributed by atoms with van der Waals surface area (Å²) >= 11 is 0. The van der Waals surface area contributed by atoms with E-state index in [4.69, 9.17) is 4.74 Å². The van der Waals surface area contributed by atoms with E-state index in [1.165, 1.54) is 19.1 Å². The maximum Gasteiger partial charge on any atom is 0.303 e. The van der Waals surface area contributed by atoms with Crippen LogP contribution in [0.4, 0.5) is 0 Å². The van der Waals surface area contributed by atoms with Crippen molar-refractivity contribution in [3.05, 3.63) is 56.4 Å². The van der Waals surface area contributed by atoms with Crippen LogP contribution in [0.2, 0.25) is 0 Å². The second-order valence-corrected chi connectivity index (χ2v) is 5.62. The molecule has 2 unspecified atom stereocenters. The number of nitro groups is 1. The fraction of sp³-hybridized carbons (Fsp3) is 0.400. The maximum atomic E-state index is 12.6. The van der Waals surface area contributed by atoms with Crippen molar-refractivity contribution in [3.8, 4) is 0 Å². The summed E-state index contributed by atoms with van der Waals surface area (Å²) in [4.78, 5) is 34.5. The van der Waals surface area contributed by atoms with Crippen molar-refractivity contribution in [2.24, 2.45) is 0 Å². The highest BCUT2D eigenvalue weighted by Gasteiger charge is 2.49. The molecule has 128 valence electrons. The number of benzene rings is 1. The molecule has 0 N–H and O–H groups in total. The largest absolute Gasteiger partial charge is 0.805 e. The molecule has 0 fully saturated rings. The van der Waals surface area contributed by atoms with Gasteiger partial charge in [-0.1, -0.05) is 19.1 Å². The lowest BCUT2D eigenvalue weighted by Crippen LogP contribution is -2.44. The predicted octanol–water partition coefficient (Wildman–Crippen LogP) is 1.95. The molecule has 0 aliphatic heterocycles. The average molecular weight is 335 g/mol. The minimum atomic E-state index is -1.76. The van der Waals surface area contributed by atoms with Crippen LogP contribution in [0.3, 0.4) is 0 Å². The van der Waals surface area contributed by atoms with Crippen molar-refractivity contribution in [3.63, 3.8) is 0 Å². The molecule has 0 saturated carbocycles. The third-order valence-electron chi connectivity index (χ3n) is 4.07. The van der Waals surface area contributed by atoms with E-state index in [0.29, 0.717) is 9.16 Å². The number of aromatic nitrogens is 2. The van der Waals surface area contributed by atoms with Crippen molar-refractivity contribution in [1.82, 2.24) is 4.73 Å². The molecule has 0 aliphatic rings. The van der Waals surface area contributed by atoms with Crippen molar-refractivity contribution in [1.29, 1.82) is 0 Å². The molecule has 0 amide bonds. The highest BCUT2D eigenvalue weighted by atomic mass is 16.6. The number of carbonyl (C=O) groups is 1. The van der Waals surface area contributed by atoms with E-state index in [-0.39, 0.29) is 23.1 Å². The predicted molar refractivity (Wildman–Crippen MR) is 84.3 cm³/mol. The number of hydrogen-bond donors (Lipinski definition) is 0. The summed E-state index contributed by atoms with van der Waals surface area (Å²) in [6.45, 7) is 3.90. The molecule has 0 saturated heterocycles. The molecule has 2 atom stereocenters. The molecule has 0 bridgehead atoms. The van der Waals surface area contributed by atoms with Gasteiger partial charge >= 0.3 is 5.97 Å². The summed E-state index contributed by atoms with van der Waals surface area (Å²) in [6, 6.07) is 6.02. The maximum absolute atomic E-state index is 12.6. The molecule has 2 rings (SSSR count). The molecule has 9 heteroatoms. The number of rotatable bonds is 5. The first-order valence-electron chi connectivity index (χ1n) is 7.28. The van der Waals surface area contributed by atoms with E-state index >= 15 is 0 Å². The molecular weight excluding hydrogens is 318 g/mol. The quantitative estimate of drug-likeness (QED) is 0.356. The van der Waals surface area contributed by atoms with Gasteiger partial charge in [-0.25, -0.2) is 0 Å². The van der Waals surface area contributed by atoms with Gasteiger partial charge in [-0.05, 0) is 6.07 Å². The van der Waals surface area contributed by atoms with Gasteiger partial charge in [0.2, 0.25) is 6.10 Å². The fourth-order valence-corrected chi connectivity index (χ4v) is 2.46. The van der Waals surface area contributed by atoms with Crippen molar-refractivity contribution < 1.29 is 18.9 Å². The molecule has 0 aliphatic carbocycles. The molecule has 1 aromatic heterocycles. The monoisotopic (exact) mass is 335 g/mol. The lowest BCUT2D eigenvalue weighted by molar-refractivity contribution is -0.580. The van der Waals surface area contributed by atoms with E-state index < -0.39 is 22.5 Å².